The summed E-state index contributed by atoms with van der Waals surface area (Å²) < 4.78 is 10.8. The van der Waals surface area contributed by atoms with Crippen LogP contribution in [0, 0.1) is 0 Å². The Balaban J connectivity index is 2.03. The van der Waals surface area contributed by atoms with E-state index in [1.54, 1.807) is 14.2 Å². The lowest BCUT2D eigenvalue weighted by Crippen LogP contribution is -2.35. The fraction of sp³-hybridized carbons (Fsp3) is 0.526. The first-order chi connectivity index (χ1) is 12.6. The standard InChI is InChI=1S/C19H26N2O5S/c1-19(2,3)26-18(24)21(4)9-8-13-10-12(6-7-14(13)25-5)11-15-16(22)20-17(23)27-15/h6-7,10,15H,8-9,11H2,1-5H3,(H,20,22,23). The summed E-state index contributed by atoms with van der Waals surface area (Å²) in [6.07, 6.45) is 0.659. The van der Waals surface area contributed by atoms with Crippen LogP contribution in [0.1, 0.15) is 31.9 Å². The molecule has 1 N–H and O–H groups in total. The average Bonchev–Trinajstić information content (AvgIpc) is 2.88. The van der Waals surface area contributed by atoms with Crippen LogP contribution in [0.25, 0.3) is 0 Å². The summed E-state index contributed by atoms with van der Waals surface area (Å²) in [4.78, 5) is 36.7. The Morgan fingerprint density at radius 3 is 2.56 bits per heavy atom. The van der Waals surface area contributed by atoms with E-state index < -0.39 is 10.9 Å². The molecule has 148 valence electrons. The minimum absolute atomic E-state index is 0.257. The fourth-order valence-electron chi connectivity index (χ4n) is 2.62. The van der Waals surface area contributed by atoms with Gasteiger partial charge >= 0.3 is 6.09 Å². The van der Waals surface area contributed by atoms with E-state index in [1.165, 1.54) is 4.90 Å². The number of carbonyl (C=O) groups is 3. The number of carbonyl (C=O) groups excluding carboxylic acids is 3. The number of rotatable bonds is 6. The van der Waals surface area contributed by atoms with Gasteiger partial charge in [0, 0.05) is 13.6 Å². The second-order valence-corrected chi connectivity index (χ2v) is 8.56. The van der Waals surface area contributed by atoms with E-state index in [2.05, 4.69) is 5.32 Å². The van der Waals surface area contributed by atoms with Gasteiger partial charge in [0.25, 0.3) is 5.24 Å². The molecule has 1 unspecified atom stereocenters. The van der Waals surface area contributed by atoms with Crippen molar-refractivity contribution in [2.75, 3.05) is 20.7 Å². The predicted octanol–water partition coefficient (Wildman–Crippen LogP) is 3.00. The highest BCUT2D eigenvalue weighted by Gasteiger charge is 2.31. The fourth-order valence-corrected chi connectivity index (χ4v) is 3.47. The molecule has 1 aliphatic heterocycles. The maximum atomic E-state index is 12.1. The number of methoxy groups -OCH3 is 1. The van der Waals surface area contributed by atoms with Gasteiger partial charge in [0.2, 0.25) is 5.91 Å². The van der Waals surface area contributed by atoms with Gasteiger partial charge in [-0.05, 0) is 50.8 Å². The van der Waals surface area contributed by atoms with Crippen LogP contribution < -0.4 is 10.1 Å². The van der Waals surface area contributed by atoms with Crippen molar-refractivity contribution < 1.29 is 23.9 Å². The maximum Gasteiger partial charge on any atom is 0.410 e. The molecular formula is C19H26N2O5S. The van der Waals surface area contributed by atoms with Crippen LogP contribution in [-0.2, 0) is 22.4 Å². The number of likely N-dealkylation sites (N-methyl/N-ethyl adjacent to an activating group) is 1. The Hall–Kier alpha value is -2.22. The smallest absolute Gasteiger partial charge is 0.410 e. The summed E-state index contributed by atoms with van der Waals surface area (Å²) in [6.45, 7) is 5.94. The number of hydrogen-bond acceptors (Lipinski definition) is 6. The van der Waals surface area contributed by atoms with Crippen LogP contribution in [0.2, 0.25) is 0 Å². The average molecular weight is 394 g/mol. The second-order valence-electron chi connectivity index (χ2n) is 7.39. The molecule has 1 aromatic rings. The number of thioether (sulfide) groups is 1. The van der Waals surface area contributed by atoms with Crippen LogP contribution in [0.4, 0.5) is 9.59 Å². The summed E-state index contributed by atoms with van der Waals surface area (Å²) in [5.74, 6) is 0.461. The van der Waals surface area contributed by atoms with Gasteiger partial charge in [0.1, 0.15) is 11.4 Å². The van der Waals surface area contributed by atoms with Crippen molar-refractivity contribution in [1.29, 1.82) is 0 Å². The van der Waals surface area contributed by atoms with Crippen molar-refractivity contribution in [1.82, 2.24) is 10.2 Å². The molecule has 0 bridgehead atoms. The Morgan fingerprint density at radius 1 is 1.30 bits per heavy atom. The molecule has 1 aromatic carbocycles. The van der Waals surface area contributed by atoms with E-state index in [0.717, 1.165) is 28.6 Å². The molecule has 1 saturated heterocycles. The quantitative estimate of drug-likeness (QED) is 0.798. The van der Waals surface area contributed by atoms with E-state index in [9.17, 15) is 14.4 Å². The van der Waals surface area contributed by atoms with Crippen molar-refractivity contribution in [2.45, 2.75) is 44.5 Å². The van der Waals surface area contributed by atoms with Crippen LogP contribution in [-0.4, -0.2) is 53.7 Å². The number of benzene rings is 1. The molecule has 8 heteroatoms. The Kier molecular flexibility index (Phi) is 6.75. The van der Waals surface area contributed by atoms with E-state index >= 15 is 0 Å². The van der Waals surface area contributed by atoms with Crippen molar-refractivity contribution in [3.8, 4) is 5.75 Å². The molecule has 1 fully saturated rings. The molecule has 1 aliphatic rings. The van der Waals surface area contributed by atoms with Gasteiger partial charge < -0.3 is 14.4 Å². The molecule has 0 aliphatic carbocycles. The Bertz CT molecular complexity index is 729. The molecule has 0 aromatic heterocycles. The maximum absolute atomic E-state index is 12.1. The van der Waals surface area contributed by atoms with E-state index in [4.69, 9.17) is 9.47 Å². The van der Waals surface area contributed by atoms with Crippen LogP contribution >= 0.6 is 11.8 Å². The lowest BCUT2D eigenvalue weighted by Gasteiger charge is -2.25. The van der Waals surface area contributed by atoms with Gasteiger partial charge in [-0.1, -0.05) is 23.9 Å². The number of nitrogens with one attached hydrogen (secondary N) is 1. The first-order valence-corrected chi connectivity index (χ1v) is 9.58. The Morgan fingerprint density at radius 2 is 2.00 bits per heavy atom. The van der Waals surface area contributed by atoms with Gasteiger partial charge in [-0.15, -0.1) is 0 Å². The molecule has 27 heavy (non-hydrogen) atoms. The number of imide groups is 1. The first kappa shape index (κ1) is 21.1. The predicted molar refractivity (Wildman–Crippen MR) is 104 cm³/mol. The lowest BCUT2D eigenvalue weighted by atomic mass is 10.0. The molecule has 1 atom stereocenters. The van der Waals surface area contributed by atoms with E-state index in [1.807, 2.05) is 39.0 Å². The van der Waals surface area contributed by atoms with Crippen molar-refractivity contribution in [2.24, 2.45) is 0 Å². The monoisotopic (exact) mass is 394 g/mol. The zero-order valence-electron chi connectivity index (χ0n) is 16.3. The molecule has 0 saturated carbocycles. The van der Waals surface area contributed by atoms with E-state index in [-0.39, 0.29) is 17.2 Å². The summed E-state index contributed by atoms with van der Waals surface area (Å²) in [6, 6.07) is 5.69. The van der Waals surface area contributed by atoms with Crippen molar-refractivity contribution >= 4 is 29.0 Å². The number of hydrogen-bond donors (Lipinski definition) is 1. The van der Waals surface area contributed by atoms with Crippen LogP contribution in [0.5, 0.6) is 5.75 Å². The van der Waals surface area contributed by atoms with E-state index in [0.29, 0.717) is 19.4 Å². The third-order valence-corrected chi connectivity index (χ3v) is 4.94. The third-order valence-electron chi connectivity index (χ3n) is 3.95. The third kappa shape index (κ3) is 6.16. The van der Waals surface area contributed by atoms with Gasteiger partial charge in [0.15, 0.2) is 0 Å². The second kappa shape index (κ2) is 8.65. The topological polar surface area (TPSA) is 84.9 Å². The summed E-state index contributed by atoms with van der Waals surface area (Å²) in [5.41, 5.74) is 1.33. The largest absolute Gasteiger partial charge is 0.496 e. The zero-order valence-corrected chi connectivity index (χ0v) is 17.1. The van der Waals surface area contributed by atoms with Crippen molar-refractivity contribution in [3.05, 3.63) is 29.3 Å². The minimum Gasteiger partial charge on any atom is -0.496 e. The molecule has 0 radical (unpaired) electrons. The molecule has 7 nitrogen and oxygen atoms in total. The summed E-state index contributed by atoms with van der Waals surface area (Å²) in [5, 5.41) is 1.58. The molecule has 1 heterocycles. The number of nitrogens with zero attached hydrogens (tertiary/aromatic N) is 1. The molecular weight excluding hydrogens is 368 g/mol. The summed E-state index contributed by atoms with van der Waals surface area (Å²) >= 11 is 1.01. The van der Waals surface area contributed by atoms with Gasteiger partial charge in [-0.2, -0.15) is 0 Å². The number of amides is 3. The SMILES string of the molecule is COc1ccc(CC2SC(=O)NC2=O)cc1CCN(C)C(=O)OC(C)(C)C. The van der Waals surface area contributed by atoms with Crippen LogP contribution in [0.15, 0.2) is 18.2 Å². The van der Waals surface area contributed by atoms with Crippen molar-refractivity contribution in [3.63, 3.8) is 0 Å². The molecule has 3 amide bonds. The zero-order chi connectivity index (χ0) is 20.2. The Labute approximate surface area is 163 Å². The summed E-state index contributed by atoms with van der Waals surface area (Å²) in [7, 11) is 3.28. The minimum atomic E-state index is -0.542. The lowest BCUT2D eigenvalue weighted by molar-refractivity contribution is -0.118. The highest BCUT2D eigenvalue weighted by Crippen LogP contribution is 2.26. The van der Waals surface area contributed by atoms with Gasteiger partial charge in [0.05, 0.1) is 12.4 Å². The highest BCUT2D eigenvalue weighted by atomic mass is 32.2. The molecule has 2 rings (SSSR count). The number of ether oxygens (including phenoxy) is 2. The van der Waals surface area contributed by atoms with Crippen LogP contribution in [0.3, 0.4) is 0 Å². The first-order valence-electron chi connectivity index (χ1n) is 8.70. The highest BCUT2D eigenvalue weighted by molar-refractivity contribution is 8.15. The normalized spacial score (nSPS) is 16.9. The van der Waals surface area contributed by atoms with Gasteiger partial charge in [-0.3, -0.25) is 14.9 Å². The molecule has 0 spiro atoms. The van der Waals surface area contributed by atoms with Gasteiger partial charge in [-0.25, -0.2) is 4.79 Å².